The number of esters is 1. The molecular formula is C29H18I2N2O5. The quantitative estimate of drug-likeness (QED) is 0.0651. The molecular weight excluding hydrogens is 710 g/mol. The Kier molecular flexibility index (Phi) is 7.84. The second-order valence-electron chi connectivity index (χ2n) is 8.31. The van der Waals surface area contributed by atoms with Crippen molar-refractivity contribution in [3.05, 3.63) is 131 Å². The lowest BCUT2D eigenvalue weighted by Gasteiger charge is -2.11. The Labute approximate surface area is 245 Å². The highest BCUT2D eigenvalue weighted by atomic mass is 127. The Morgan fingerprint density at radius 1 is 0.868 bits per heavy atom. The van der Waals surface area contributed by atoms with Crippen LogP contribution in [0, 0.1) is 17.3 Å². The normalized spacial score (nSPS) is 13.8. The predicted molar refractivity (Wildman–Crippen MR) is 162 cm³/mol. The van der Waals surface area contributed by atoms with Crippen LogP contribution in [0.3, 0.4) is 0 Å². The Morgan fingerprint density at radius 3 is 2.21 bits per heavy atom. The maximum absolute atomic E-state index is 12.5. The molecule has 0 unspecified atom stereocenters. The topological polar surface area (TPSA) is 91.0 Å². The summed E-state index contributed by atoms with van der Waals surface area (Å²) in [6.07, 6.45) is 1.68. The first-order valence-corrected chi connectivity index (χ1v) is 13.6. The molecule has 1 heterocycles. The number of non-ortho nitro benzene ring substituents is 1. The smallest absolute Gasteiger partial charge is 0.363 e. The second-order valence-corrected chi connectivity index (χ2v) is 10.6. The van der Waals surface area contributed by atoms with Crippen molar-refractivity contribution in [2.24, 2.45) is 4.99 Å². The number of cyclic esters (lactones) is 1. The monoisotopic (exact) mass is 728 g/mol. The molecule has 0 spiro atoms. The number of halogens is 2. The number of rotatable bonds is 7. The Morgan fingerprint density at radius 2 is 1.53 bits per heavy atom. The molecule has 1 aliphatic rings. The summed E-state index contributed by atoms with van der Waals surface area (Å²) in [7, 11) is 0. The lowest BCUT2D eigenvalue weighted by molar-refractivity contribution is -0.384. The summed E-state index contributed by atoms with van der Waals surface area (Å²) in [6, 6.07) is 27.9. The summed E-state index contributed by atoms with van der Waals surface area (Å²) in [6.45, 7) is 0.192. The molecule has 9 heteroatoms. The summed E-state index contributed by atoms with van der Waals surface area (Å²) in [5, 5.41) is 11.0. The molecule has 1 aliphatic heterocycles. The lowest BCUT2D eigenvalue weighted by Crippen LogP contribution is -2.05. The van der Waals surface area contributed by atoms with Gasteiger partial charge in [0.05, 0.1) is 12.1 Å². The van der Waals surface area contributed by atoms with Crippen LogP contribution in [-0.4, -0.2) is 16.8 Å². The van der Waals surface area contributed by atoms with E-state index in [9.17, 15) is 14.9 Å². The zero-order valence-electron chi connectivity index (χ0n) is 19.6. The molecule has 0 bridgehead atoms. The molecule has 0 N–H and O–H groups in total. The first-order valence-electron chi connectivity index (χ1n) is 11.4. The molecule has 7 nitrogen and oxygen atoms in total. The van der Waals surface area contributed by atoms with E-state index in [-0.39, 0.29) is 23.9 Å². The standard InChI is InChI=1S/C29H18I2N2O5/c30-24-14-19(15-25(31)27(24)37-17-18-5-4-8-23(13-18)33(35)36)16-26-29(34)38-28(32-26)22-11-9-21(10-12-22)20-6-2-1-3-7-20/h1-16H,17H2/b26-16-. The van der Waals surface area contributed by atoms with Crippen molar-refractivity contribution in [1.29, 1.82) is 0 Å². The first-order chi connectivity index (χ1) is 18.4. The zero-order valence-corrected chi connectivity index (χ0v) is 24.0. The van der Waals surface area contributed by atoms with Crippen LogP contribution >= 0.6 is 45.2 Å². The SMILES string of the molecule is O=C1OC(c2ccc(-c3ccccc3)cc2)=N/C1=C\c1cc(I)c(OCc2cccc([N+](=O)[O-])c2)c(I)c1. The van der Waals surface area contributed by atoms with Crippen LogP contribution in [0.1, 0.15) is 16.7 Å². The number of nitrogens with zero attached hydrogens (tertiary/aromatic N) is 2. The third-order valence-electron chi connectivity index (χ3n) is 5.69. The third-order valence-corrected chi connectivity index (χ3v) is 7.29. The van der Waals surface area contributed by atoms with E-state index in [1.807, 2.05) is 66.7 Å². The Hall–Kier alpha value is -3.58. The van der Waals surface area contributed by atoms with Gasteiger partial charge in [-0.15, -0.1) is 0 Å². The molecule has 0 aromatic heterocycles. The van der Waals surface area contributed by atoms with Gasteiger partial charge in [-0.05, 0) is 97.8 Å². The van der Waals surface area contributed by atoms with Gasteiger partial charge < -0.3 is 9.47 Å². The number of carbonyl (C=O) groups is 1. The highest BCUT2D eigenvalue weighted by molar-refractivity contribution is 14.1. The second kappa shape index (κ2) is 11.4. The minimum absolute atomic E-state index is 0.0213. The van der Waals surface area contributed by atoms with Crippen LogP contribution in [-0.2, 0) is 16.1 Å². The van der Waals surface area contributed by atoms with Gasteiger partial charge in [-0.3, -0.25) is 10.1 Å². The van der Waals surface area contributed by atoms with Crippen LogP contribution in [0.5, 0.6) is 5.75 Å². The highest BCUT2D eigenvalue weighted by Gasteiger charge is 2.24. The molecule has 0 fully saturated rings. The summed E-state index contributed by atoms with van der Waals surface area (Å²) >= 11 is 4.33. The van der Waals surface area contributed by atoms with Crippen LogP contribution in [0.2, 0.25) is 0 Å². The van der Waals surface area contributed by atoms with Gasteiger partial charge in [0.1, 0.15) is 12.4 Å². The van der Waals surface area contributed by atoms with Crippen molar-refractivity contribution < 1.29 is 19.2 Å². The average Bonchev–Trinajstić information content (AvgIpc) is 3.28. The van der Waals surface area contributed by atoms with Crippen molar-refractivity contribution in [2.75, 3.05) is 0 Å². The number of ether oxygens (including phenoxy) is 2. The molecule has 4 aromatic rings. The van der Waals surface area contributed by atoms with Gasteiger partial charge in [-0.1, -0.05) is 54.6 Å². The van der Waals surface area contributed by atoms with Crippen molar-refractivity contribution in [2.45, 2.75) is 6.61 Å². The lowest BCUT2D eigenvalue weighted by atomic mass is 10.0. The predicted octanol–water partition coefficient (Wildman–Crippen LogP) is 7.39. The maximum atomic E-state index is 12.5. The number of nitro groups is 1. The number of benzene rings is 4. The molecule has 0 radical (unpaired) electrons. The largest absolute Gasteiger partial charge is 0.487 e. The molecule has 5 rings (SSSR count). The summed E-state index contributed by atoms with van der Waals surface area (Å²) in [4.78, 5) is 27.6. The summed E-state index contributed by atoms with van der Waals surface area (Å²) in [5.41, 5.74) is 4.59. The van der Waals surface area contributed by atoms with Gasteiger partial charge in [-0.2, -0.15) is 0 Å². The van der Waals surface area contributed by atoms with Crippen molar-refractivity contribution >= 4 is 68.8 Å². The fourth-order valence-electron chi connectivity index (χ4n) is 3.84. The fourth-order valence-corrected chi connectivity index (χ4v) is 5.97. The van der Waals surface area contributed by atoms with E-state index < -0.39 is 10.9 Å². The van der Waals surface area contributed by atoms with Gasteiger partial charge in [0.2, 0.25) is 5.90 Å². The first kappa shape index (κ1) is 26.0. The maximum Gasteiger partial charge on any atom is 0.363 e. The van der Waals surface area contributed by atoms with E-state index in [4.69, 9.17) is 9.47 Å². The number of hydrogen-bond donors (Lipinski definition) is 0. The van der Waals surface area contributed by atoms with Gasteiger partial charge >= 0.3 is 5.97 Å². The van der Waals surface area contributed by atoms with Gasteiger partial charge in [0, 0.05) is 17.7 Å². The van der Waals surface area contributed by atoms with Crippen molar-refractivity contribution in [3.63, 3.8) is 0 Å². The van der Waals surface area contributed by atoms with Crippen LogP contribution in [0.4, 0.5) is 5.69 Å². The highest BCUT2D eigenvalue weighted by Crippen LogP contribution is 2.31. The zero-order chi connectivity index (χ0) is 26.6. The van der Waals surface area contributed by atoms with Gasteiger partial charge in [0.25, 0.3) is 5.69 Å². The number of aliphatic imine (C=N–C) groups is 1. The molecule has 0 atom stereocenters. The van der Waals surface area contributed by atoms with Gasteiger partial charge in [0.15, 0.2) is 5.70 Å². The van der Waals surface area contributed by atoms with E-state index in [0.29, 0.717) is 11.3 Å². The molecule has 0 saturated heterocycles. The minimum Gasteiger partial charge on any atom is -0.487 e. The van der Waals surface area contributed by atoms with E-state index in [0.717, 1.165) is 29.4 Å². The van der Waals surface area contributed by atoms with Crippen LogP contribution in [0.15, 0.2) is 102 Å². The fraction of sp³-hybridized carbons (Fsp3) is 0.0345. The van der Waals surface area contributed by atoms with Crippen molar-refractivity contribution in [3.8, 4) is 16.9 Å². The molecule has 0 saturated carbocycles. The Bertz CT molecular complexity index is 1580. The average molecular weight is 728 g/mol. The molecule has 4 aromatic carbocycles. The Balaban J connectivity index is 1.33. The van der Waals surface area contributed by atoms with Gasteiger partial charge in [-0.25, -0.2) is 9.79 Å². The van der Waals surface area contributed by atoms with Crippen LogP contribution < -0.4 is 4.74 Å². The number of nitro benzene ring substituents is 1. The molecule has 0 aliphatic carbocycles. The molecule has 0 amide bonds. The summed E-state index contributed by atoms with van der Waals surface area (Å²) in [5.74, 6) is 0.418. The van der Waals surface area contributed by atoms with E-state index in [1.165, 1.54) is 12.1 Å². The molecule has 188 valence electrons. The number of carbonyl (C=O) groups excluding carboxylic acids is 1. The molecule has 38 heavy (non-hydrogen) atoms. The minimum atomic E-state index is -0.511. The van der Waals surface area contributed by atoms with E-state index in [1.54, 1.807) is 18.2 Å². The number of hydrogen-bond acceptors (Lipinski definition) is 6. The summed E-state index contributed by atoms with van der Waals surface area (Å²) < 4.78 is 13.1. The van der Waals surface area contributed by atoms with E-state index in [2.05, 4.69) is 50.2 Å². The van der Waals surface area contributed by atoms with Crippen molar-refractivity contribution in [1.82, 2.24) is 0 Å². The third kappa shape index (κ3) is 5.94. The van der Waals surface area contributed by atoms with Crippen LogP contribution in [0.25, 0.3) is 17.2 Å². The van der Waals surface area contributed by atoms with E-state index >= 15 is 0 Å².